The third-order valence-electron chi connectivity index (χ3n) is 3.10. The molecular formula is C15H12BrClN4. The Labute approximate surface area is 135 Å². The smallest absolute Gasteiger partial charge is 0.169 e. The average molecular weight is 364 g/mol. The molecule has 1 heterocycles. The number of hydrogen-bond donors (Lipinski definition) is 1. The van der Waals surface area contributed by atoms with Crippen LogP contribution in [0.3, 0.4) is 0 Å². The molecule has 6 heteroatoms. The molecular weight excluding hydrogens is 352 g/mol. The van der Waals surface area contributed by atoms with E-state index in [0.29, 0.717) is 17.4 Å². The molecule has 0 spiro atoms. The fourth-order valence-corrected chi connectivity index (χ4v) is 3.00. The summed E-state index contributed by atoms with van der Waals surface area (Å²) in [5.41, 5.74) is 7.67. The average Bonchev–Trinajstić information content (AvgIpc) is 2.92. The molecule has 0 unspecified atom stereocenters. The van der Waals surface area contributed by atoms with E-state index in [1.807, 2.05) is 53.1 Å². The van der Waals surface area contributed by atoms with Crippen LogP contribution in [0.2, 0.25) is 5.02 Å². The van der Waals surface area contributed by atoms with Gasteiger partial charge in [0.1, 0.15) is 0 Å². The van der Waals surface area contributed by atoms with E-state index in [9.17, 15) is 0 Å². The predicted octanol–water partition coefficient (Wildman–Crippen LogP) is 3.81. The molecule has 2 aromatic carbocycles. The van der Waals surface area contributed by atoms with Crippen molar-refractivity contribution in [2.75, 3.05) is 0 Å². The van der Waals surface area contributed by atoms with Crippen LogP contribution in [0.15, 0.2) is 53.0 Å². The zero-order valence-corrected chi connectivity index (χ0v) is 13.3. The molecule has 2 N–H and O–H groups in total. The van der Waals surface area contributed by atoms with E-state index < -0.39 is 0 Å². The summed E-state index contributed by atoms with van der Waals surface area (Å²) in [7, 11) is 0. The monoisotopic (exact) mass is 362 g/mol. The molecule has 0 bridgehead atoms. The number of halogens is 2. The van der Waals surface area contributed by atoms with Gasteiger partial charge in [-0.2, -0.15) is 0 Å². The first kappa shape index (κ1) is 14.3. The van der Waals surface area contributed by atoms with Gasteiger partial charge in [0.25, 0.3) is 0 Å². The van der Waals surface area contributed by atoms with Crippen molar-refractivity contribution in [3.63, 3.8) is 0 Å². The summed E-state index contributed by atoms with van der Waals surface area (Å²) in [5, 5.41) is 9.13. The van der Waals surface area contributed by atoms with Crippen molar-refractivity contribution < 1.29 is 0 Å². The van der Waals surface area contributed by atoms with Gasteiger partial charge in [-0.3, -0.25) is 4.57 Å². The third-order valence-corrected chi connectivity index (χ3v) is 3.99. The van der Waals surface area contributed by atoms with Gasteiger partial charge in [0.15, 0.2) is 11.6 Å². The quantitative estimate of drug-likeness (QED) is 0.770. The van der Waals surface area contributed by atoms with Crippen molar-refractivity contribution in [3.8, 4) is 17.1 Å². The summed E-state index contributed by atoms with van der Waals surface area (Å²) in [6.07, 6.45) is 0. The number of para-hydroxylation sites is 1. The lowest BCUT2D eigenvalue weighted by Gasteiger charge is -2.10. The zero-order valence-electron chi connectivity index (χ0n) is 11.0. The Morgan fingerprint density at radius 3 is 2.52 bits per heavy atom. The number of benzene rings is 2. The highest BCUT2D eigenvalue weighted by molar-refractivity contribution is 9.10. The van der Waals surface area contributed by atoms with Crippen LogP contribution in [0.1, 0.15) is 5.82 Å². The Morgan fingerprint density at radius 1 is 1.10 bits per heavy atom. The van der Waals surface area contributed by atoms with Crippen molar-refractivity contribution in [1.29, 1.82) is 0 Å². The fourth-order valence-electron chi connectivity index (χ4n) is 2.14. The molecule has 0 aliphatic heterocycles. The molecule has 0 saturated heterocycles. The normalized spacial score (nSPS) is 10.8. The molecule has 0 atom stereocenters. The summed E-state index contributed by atoms with van der Waals surface area (Å²) < 4.78 is 2.82. The Bertz CT molecular complexity index is 771. The van der Waals surface area contributed by atoms with E-state index in [0.717, 1.165) is 21.5 Å². The standard InChI is InChI=1S/C15H12BrClN4/c16-13-8-10(17)6-7-12(13)15-20-19-14(9-18)21(15)11-4-2-1-3-5-11/h1-8H,9,18H2. The number of rotatable bonds is 3. The molecule has 21 heavy (non-hydrogen) atoms. The minimum atomic E-state index is 0.313. The van der Waals surface area contributed by atoms with Gasteiger partial charge in [-0.1, -0.05) is 29.8 Å². The van der Waals surface area contributed by atoms with Crippen molar-refractivity contribution >= 4 is 27.5 Å². The van der Waals surface area contributed by atoms with Crippen LogP contribution < -0.4 is 5.73 Å². The molecule has 1 aromatic heterocycles. The summed E-state index contributed by atoms with van der Waals surface area (Å²) in [6, 6.07) is 15.5. The maximum absolute atomic E-state index is 6.00. The lowest BCUT2D eigenvalue weighted by molar-refractivity contribution is 0.861. The predicted molar refractivity (Wildman–Crippen MR) is 87.4 cm³/mol. The second-order valence-corrected chi connectivity index (χ2v) is 5.73. The summed E-state index contributed by atoms with van der Waals surface area (Å²) >= 11 is 9.53. The van der Waals surface area contributed by atoms with Gasteiger partial charge >= 0.3 is 0 Å². The first-order chi connectivity index (χ1) is 10.2. The maximum Gasteiger partial charge on any atom is 0.169 e. The van der Waals surface area contributed by atoms with E-state index in [-0.39, 0.29) is 0 Å². The lowest BCUT2D eigenvalue weighted by Crippen LogP contribution is -2.07. The van der Waals surface area contributed by atoms with Gasteiger partial charge in [0, 0.05) is 20.7 Å². The van der Waals surface area contributed by atoms with Crippen molar-refractivity contribution in [2.24, 2.45) is 5.73 Å². The number of hydrogen-bond acceptors (Lipinski definition) is 3. The largest absolute Gasteiger partial charge is 0.324 e. The van der Waals surface area contributed by atoms with E-state index in [1.54, 1.807) is 0 Å². The molecule has 3 aromatic rings. The first-order valence-corrected chi connectivity index (χ1v) is 7.53. The molecule has 0 amide bonds. The van der Waals surface area contributed by atoms with Gasteiger partial charge < -0.3 is 5.73 Å². The second kappa shape index (κ2) is 5.97. The highest BCUT2D eigenvalue weighted by Gasteiger charge is 2.16. The van der Waals surface area contributed by atoms with Crippen LogP contribution in [0, 0.1) is 0 Å². The highest BCUT2D eigenvalue weighted by Crippen LogP contribution is 2.31. The van der Waals surface area contributed by atoms with E-state index in [1.165, 1.54) is 0 Å². The number of aromatic nitrogens is 3. The Hall–Kier alpha value is -1.69. The van der Waals surface area contributed by atoms with Crippen LogP contribution in [0.25, 0.3) is 17.1 Å². The van der Waals surface area contributed by atoms with Gasteiger partial charge in [-0.15, -0.1) is 10.2 Å². The van der Waals surface area contributed by atoms with Gasteiger partial charge in [-0.05, 0) is 46.3 Å². The second-order valence-electron chi connectivity index (χ2n) is 4.44. The third kappa shape index (κ3) is 2.72. The van der Waals surface area contributed by atoms with Crippen molar-refractivity contribution in [2.45, 2.75) is 6.54 Å². The van der Waals surface area contributed by atoms with Crippen LogP contribution in [-0.2, 0) is 6.54 Å². The molecule has 0 saturated carbocycles. The molecule has 0 radical (unpaired) electrons. The van der Waals surface area contributed by atoms with Crippen LogP contribution in [-0.4, -0.2) is 14.8 Å². The number of nitrogens with two attached hydrogens (primary N) is 1. The van der Waals surface area contributed by atoms with Crippen LogP contribution >= 0.6 is 27.5 Å². The van der Waals surface area contributed by atoms with Crippen LogP contribution in [0.4, 0.5) is 0 Å². The molecule has 3 rings (SSSR count). The summed E-state index contributed by atoms with van der Waals surface area (Å²) in [5.74, 6) is 1.43. The SMILES string of the molecule is NCc1nnc(-c2ccc(Cl)cc2Br)n1-c1ccccc1. The van der Waals surface area contributed by atoms with Gasteiger partial charge in [-0.25, -0.2) is 0 Å². The van der Waals surface area contributed by atoms with E-state index in [2.05, 4.69) is 26.1 Å². The van der Waals surface area contributed by atoms with Crippen molar-refractivity contribution in [1.82, 2.24) is 14.8 Å². The van der Waals surface area contributed by atoms with Gasteiger partial charge in [0.05, 0.1) is 6.54 Å². The topological polar surface area (TPSA) is 56.7 Å². The van der Waals surface area contributed by atoms with Crippen LogP contribution in [0.5, 0.6) is 0 Å². The Balaban J connectivity index is 2.22. The fraction of sp³-hybridized carbons (Fsp3) is 0.0667. The molecule has 0 aliphatic carbocycles. The first-order valence-electron chi connectivity index (χ1n) is 6.36. The summed E-state index contributed by atoms with van der Waals surface area (Å²) in [6.45, 7) is 0.313. The Kier molecular flexibility index (Phi) is 4.05. The minimum Gasteiger partial charge on any atom is -0.324 e. The highest BCUT2D eigenvalue weighted by atomic mass is 79.9. The molecule has 4 nitrogen and oxygen atoms in total. The van der Waals surface area contributed by atoms with Gasteiger partial charge in [0.2, 0.25) is 0 Å². The summed E-state index contributed by atoms with van der Waals surface area (Å²) in [4.78, 5) is 0. The maximum atomic E-state index is 6.00. The minimum absolute atomic E-state index is 0.313. The molecule has 0 fully saturated rings. The van der Waals surface area contributed by atoms with E-state index >= 15 is 0 Å². The zero-order chi connectivity index (χ0) is 14.8. The lowest BCUT2D eigenvalue weighted by atomic mass is 10.2. The number of nitrogens with zero attached hydrogens (tertiary/aromatic N) is 3. The molecule has 0 aliphatic rings. The van der Waals surface area contributed by atoms with Crippen molar-refractivity contribution in [3.05, 3.63) is 63.9 Å². The Morgan fingerprint density at radius 2 is 1.86 bits per heavy atom. The van der Waals surface area contributed by atoms with E-state index in [4.69, 9.17) is 17.3 Å². The molecule has 106 valence electrons.